The van der Waals surface area contributed by atoms with Crippen molar-refractivity contribution in [2.24, 2.45) is 5.73 Å². The highest BCUT2D eigenvalue weighted by Gasteiger charge is 2.25. The van der Waals surface area contributed by atoms with Crippen molar-refractivity contribution in [2.45, 2.75) is 37.1 Å². The molecule has 114 valence electrons. The second-order valence-electron chi connectivity index (χ2n) is 4.52. The highest BCUT2D eigenvalue weighted by molar-refractivity contribution is 8.00. The highest BCUT2D eigenvalue weighted by Crippen LogP contribution is 2.21. The molecular formula is C14H23ClN2O2S. The second kappa shape index (κ2) is 9.10. The fourth-order valence-corrected chi connectivity index (χ4v) is 2.49. The average molecular weight is 319 g/mol. The van der Waals surface area contributed by atoms with E-state index >= 15 is 0 Å². The van der Waals surface area contributed by atoms with Gasteiger partial charge in [0.25, 0.3) is 0 Å². The highest BCUT2D eigenvalue weighted by atomic mass is 35.5. The van der Waals surface area contributed by atoms with E-state index in [0.717, 1.165) is 17.7 Å². The molecule has 0 saturated heterocycles. The molecule has 0 unspecified atom stereocenters. The molecule has 0 atom stereocenters. The molecule has 0 aliphatic carbocycles. The number of hydrogen-bond donors (Lipinski definition) is 3. The minimum absolute atomic E-state index is 0. The molecule has 0 aromatic heterocycles. The summed E-state index contributed by atoms with van der Waals surface area (Å²) in [5.41, 5.74) is 5.47. The number of phenols is 1. The van der Waals surface area contributed by atoms with Crippen LogP contribution >= 0.6 is 24.2 Å². The number of carbonyl (C=O) groups excluding carboxylic acids is 1. The van der Waals surface area contributed by atoms with Crippen LogP contribution < -0.4 is 11.1 Å². The first-order valence-electron chi connectivity index (χ1n) is 6.48. The van der Waals surface area contributed by atoms with Crippen molar-refractivity contribution in [3.8, 4) is 5.75 Å². The minimum Gasteiger partial charge on any atom is -0.508 e. The third kappa shape index (κ3) is 5.61. The Hall–Kier alpha value is -0.910. The molecule has 0 spiro atoms. The molecule has 1 amide bonds. The maximum atomic E-state index is 11.9. The summed E-state index contributed by atoms with van der Waals surface area (Å²) in [6, 6.07) is 6.82. The maximum absolute atomic E-state index is 11.9. The molecular weight excluding hydrogens is 296 g/mol. The van der Waals surface area contributed by atoms with Crippen LogP contribution in [0, 0.1) is 0 Å². The third-order valence-electron chi connectivity index (χ3n) is 3.36. The summed E-state index contributed by atoms with van der Waals surface area (Å²) in [7, 11) is 0. The van der Waals surface area contributed by atoms with Gasteiger partial charge in [0.05, 0.1) is 11.3 Å². The molecule has 6 heteroatoms. The fraction of sp³-hybridized carbons (Fsp3) is 0.500. The molecule has 1 aromatic carbocycles. The lowest BCUT2D eigenvalue weighted by Gasteiger charge is -2.31. The second-order valence-corrected chi connectivity index (χ2v) is 5.57. The standard InChI is InChI=1S/C14H22N2O2S.ClH/c1-3-14(4-2,10-15)16-13(18)9-19-12-7-5-11(17)6-8-12;/h5-8,17H,3-4,9-10,15H2,1-2H3,(H,16,18);1H. The average Bonchev–Trinajstić information content (AvgIpc) is 2.44. The molecule has 0 bridgehead atoms. The van der Waals surface area contributed by atoms with Gasteiger partial charge in [-0.3, -0.25) is 4.79 Å². The molecule has 4 N–H and O–H groups in total. The van der Waals surface area contributed by atoms with Crippen LogP contribution in [0.15, 0.2) is 29.2 Å². The molecule has 0 heterocycles. The van der Waals surface area contributed by atoms with E-state index in [-0.39, 0.29) is 29.6 Å². The van der Waals surface area contributed by atoms with Gasteiger partial charge in [0, 0.05) is 11.4 Å². The lowest BCUT2D eigenvalue weighted by atomic mass is 9.93. The Morgan fingerprint density at radius 1 is 1.30 bits per heavy atom. The Balaban J connectivity index is 0.00000361. The number of hydrogen-bond acceptors (Lipinski definition) is 4. The third-order valence-corrected chi connectivity index (χ3v) is 4.37. The number of carbonyl (C=O) groups is 1. The van der Waals surface area contributed by atoms with Crippen LogP contribution in [0.5, 0.6) is 5.75 Å². The van der Waals surface area contributed by atoms with Crippen molar-refractivity contribution in [1.82, 2.24) is 5.32 Å². The monoisotopic (exact) mass is 318 g/mol. The van der Waals surface area contributed by atoms with Crippen molar-refractivity contribution in [3.63, 3.8) is 0 Å². The number of halogens is 1. The van der Waals surface area contributed by atoms with Crippen LogP contribution in [0.2, 0.25) is 0 Å². The van der Waals surface area contributed by atoms with Gasteiger partial charge in [-0.1, -0.05) is 13.8 Å². The van der Waals surface area contributed by atoms with E-state index in [2.05, 4.69) is 5.32 Å². The quantitative estimate of drug-likeness (QED) is 0.675. The maximum Gasteiger partial charge on any atom is 0.230 e. The SMILES string of the molecule is CCC(CC)(CN)NC(=O)CSc1ccc(O)cc1.Cl. The Morgan fingerprint density at radius 2 is 1.85 bits per heavy atom. The van der Waals surface area contributed by atoms with Crippen molar-refractivity contribution in [3.05, 3.63) is 24.3 Å². The van der Waals surface area contributed by atoms with Gasteiger partial charge < -0.3 is 16.2 Å². The van der Waals surface area contributed by atoms with Crippen molar-refractivity contribution in [1.29, 1.82) is 0 Å². The number of rotatable bonds is 7. The van der Waals surface area contributed by atoms with Gasteiger partial charge in [-0.05, 0) is 37.1 Å². The van der Waals surface area contributed by atoms with Crippen LogP contribution in [-0.4, -0.2) is 28.9 Å². The lowest BCUT2D eigenvalue weighted by molar-refractivity contribution is -0.120. The zero-order valence-electron chi connectivity index (χ0n) is 11.9. The number of benzene rings is 1. The Morgan fingerprint density at radius 3 is 2.30 bits per heavy atom. The number of thioether (sulfide) groups is 1. The minimum atomic E-state index is -0.285. The summed E-state index contributed by atoms with van der Waals surface area (Å²) in [4.78, 5) is 12.9. The fourth-order valence-electron chi connectivity index (χ4n) is 1.79. The predicted molar refractivity (Wildman–Crippen MR) is 86.6 cm³/mol. The van der Waals surface area contributed by atoms with E-state index in [9.17, 15) is 9.90 Å². The van der Waals surface area contributed by atoms with Gasteiger partial charge in [-0.2, -0.15) is 0 Å². The van der Waals surface area contributed by atoms with Crippen LogP contribution in [0.4, 0.5) is 0 Å². The van der Waals surface area contributed by atoms with Gasteiger partial charge >= 0.3 is 0 Å². The molecule has 1 aromatic rings. The van der Waals surface area contributed by atoms with E-state index < -0.39 is 0 Å². The van der Waals surface area contributed by atoms with E-state index in [4.69, 9.17) is 5.73 Å². The zero-order chi connectivity index (χ0) is 14.3. The largest absolute Gasteiger partial charge is 0.508 e. The molecule has 1 rings (SSSR count). The molecule has 4 nitrogen and oxygen atoms in total. The van der Waals surface area contributed by atoms with Crippen molar-refractivity contribution in [2.75, 3.05) is 12.3 Å². The van der Waals surface area contributed by atoms with Crippen molar-refractivity contribution < 1.29 is 9.90 Å². The lowest BCUT2D eigenvalue weighted by Crippen LogP contribution is -2.53. The number of amides is 1. The normalized spacial score (nSPS) is 10.8. The molecule has 0 radical (unpaired) electrons. The predicted octanol–water partition coefficient (Wildman–Crippen LogP) is 2.54. The summed E-state index contributed by atoms with van der Waals surface area (Å²) >= 11 is 1.45. The van der Waals surface area contributed by atoms with E-state index in [1.807, 2.05) is 13.8 Å². The topological polar surface area (TPSA) is 75.3 Å². The zero-order valence-corrected chi connectivity index (χ0v) is 13.5. The van der Waals surface area contributed by atoms with Gasteiger partial charge in [0.15, 0.2) is 0 Å². The molecule has 20 heavy (non-hydrogen) atoms. The number of nitrogens with two attached hydrogens (primary N) is 1. The number of nitrogens with one attached hydrogen (secondary N) is 1. The summed E-state index contributed by atoms with van der Waals surface area (Å²) in [6.45, 7) is 4.52. The van der Waals surface area contributed by atoms with E-state index in [1.54, 1.807) is 24.3 Å². The number of aromatic hydroxyl groups is 1. The summed E-state index contributed by atoms with van der Waals surface area (Å²) in [5, 5.41) is 12.2. The Bertz CT molecular complexity index is 400. The first-order chi connectivity index (χ1) is 9.05. The van der Waals surface area contributed by atoms with Crippen LogP contribution in [0.1, 0.15) is 26.7 Å². The van der Waals surface area contributed by atoms with Gasteiger partial charge in [0.2, 0.25) is 5.91 Å². The molecule has 0 aliphatic heterocycles. The van der Waals surface area contributed by atoms with Gasteiger partial charge in [-0.25, -0.2) is 0 Å². The summed E-state index contributed by atoms with van der Waals surface area (Å²) < 4.78 is 0. The van der Waals surface area contributed by atoms with Crippen LogP contribution in [0.25, 0.3) is 0 Å². The van der Waals surface area contributed by atoms with E-state index in [1.165, 1.54) is 11.8 Å². The van der Waals surface area contributed by atoms with Crippen molar-refractivity contribution >= 4 is 30.1 Å². The molecule has 0 fully saturated rings. The Labute approximate surface area is 130 Å². The van der Waals surface area contributed by atoms with Gasteiger partial charge in [-0.15, -0.1) is 24.2 Å². The van der Waals surface area contributed by atoms with Gasteiger partial charge in [0.1, 0.15) is 5.75 Å². The van der Waals surface area contributed by atoms with Crippen LogP contribution in [0.3, 0.4) is 0 Å². The Kier molecular flexibility index (Phi) is 8.69. The molecule has 0 saturated carbocycles. The first-order valence-corrected chi connectivity index (χ1v) is 7.46. The summed E-state index contributed by atoms with van der Waals surface area (Å²) in [6.07, 6.45) is 1.66. The first kappa shape index (κ1) is 19.1. The van der Waals surface area contributed by atoms with E-state index in [0.29, 0.717) is 12.3 Å². The van der Waals surface area contributed by atoms with Crippen LogP contribution in [-0.2, 0) is 4.79 Å². The number of phenolic OH excluding ortho intramolecular Hbond substituents is 1. The molecule has 0 aliphatic rings. The smallest absolute Gasteiger partial charge is 0.230 e. The summed E-state index contributed by atoms with van der Waals surface area (Å²) in [5.74, 6) is 0.576.